The van der Waals surface area contributed by atoms with Gasteiger partial charge in [0.15, 0.2) is 0 Å². The number of phenols is 1. The van der Waals surface area contributed by atoms with E-state index in [2.05, 4.69) is 5.32 Å². The molecular weight excluding hydrogens is 262 g/mol. The van der Waals surface area contributed by atoms with Gasteiger partial charge in [-0.25, -0.2) is 0 Å². The third-order valence-corrected chi connectivity index (χ3v) is 3.08. The van der Waals surface area contributed by atoms with Crippen LogP contribution in [0.3, 0.4) is 0 Å². The lowest BCUT2D eigenvalue weighted by atomic mass is 10.1. The molecule has 0 unspecified atom stereocenters. The Kier molecular flexibility index (Phi) is 3.76. The number of halogens is 1. The summed E-state index contributed by atoms with van der Waals surface area (Å²) in [4.78, 5) is 12.1. The van der Waals surface area contributed by atoms with Crippen LogP contribution in [-0.2, 0) is 0 Å². The molecule has 0 bridgehead atoms. The molecule has 1 amide bonds. The average Bonchev–Trinajstić information content (AvgIpc) is 2.36. The third-order valence-electron chi connectivity index (χ3n) is 2.84. The van der Waals surface area contributed by atoms with Crippen molar-refractivity contribution in [1.29, 1.82) is 0 Å². The molecular formula is C15H14ClNO2. The van der Waals surface area contributed by atoms with Crippen LogP contribution in [0, 0.1) is 13.8 Å². The first-order valence-electron chi connectivity index (χ1n) is 5.84. The summed E-state index contributed by atoms with van der Waals surface area (Å²) < 4.78 is 0. The van der Waals surface area contributed by atoms with Crippen LogP contribution in [0.2, 0.25) is 5.02 Å². The quantitative estimate of drug-likeness (QED) is 0.873. The summed E-state index contributed by atoms with van der Waals surface area (Å²) >= 11 is 5.83. The predicted molar refractivity (Wildman–Crippen MR) is 77.0 cm³/mol. The molecule has 4 heteroatoms. The zero-order chi connectivity index (χ0) is 14.0. The van der Waals surface area contributed by atoms with E-state index >= 15 is 0 Å². The fraction of sp³-hybridized carbons (Fsp3) is 0.133. The topological polar surface area (TPSA) is 49.3 Å². The van der Waals surface area contributed by atoms with Crippen molar-refractivity contribution < 1.29 is 9.90 Å². The Morgan fingerprint density at radius 2 is 1.89 bits per heavy atom. The monoisotopic (exact) mass is 275 g/mol. The van der Waals surface area contributed by atoms with E-state index in [4.69, 9.17) is 11.6 Å². The second-order valence-electron chi connectivity index (χ2n) is 4.43. The molecule has 0 saturated heterocycles. The van der Waals surface area contributed by atoms with Crippen molar-refractivity contribution in [3.8, 4) is 5.75 Å². The van der Waals surface area contributed by atoms with Gasteiger partial charge in [-0.1, -0.05) is 23.7 Å². The Morgan fingerprint density at radius 3 is 2.63 bits per heavy atom. The van der Waals surface area contributed by atoms with Gasteiger partial charge in [0.25, 0.3) is 5.91 Å². The van der Waals surface area contributed by atoms with Crippen molar-refractivity contribution >= 4 is 23.2 Å². The van der Waals surface area contributed by atoms with Gasteiger partial charge in [0, 0.05) is 10.7 Å². The molecule has 0 aliphatic carbocycles. The first-order valence-corrected chi connectivity index (χ1v) is 6.22. The highest BCUT2D eigenvalue weighted by molar-refractivity contribution is 6.31. The molecule has 0 atom stereocenters. The normalized spacial score (nSPS) is 10.3. The zero-order valence-electron chi connectivity index (χ0n) is 10.7. The van der Waals surface area contributed by atoms with Gasteiger partial charge in [-0.15, -0.1) is 0 Å². The smallest absolute Gasteiger partial charge is 0.259 e. The number of amides is 1. The number of anilines is 1. The Bertz CT molecular complexity index is 638. The minimum atomic E-state index is -0.381. The van der Waals surface area contributed by atoms with Crippen LogP contribution in [-0.4, -0.2) is 11.0 Å². The van der Waals surface area contributed by atoms with Gasteiger partial charge in [0.1, 0.15) is 5.75 Å². The van der Waals surface area contributed by atoms with E-state index in [1.165, 1.54) is 18.2 Å². The molecule has 3 nitrogen and oxygen atoms in total. The summed E-state index contributed by atoms with van der Waals surface area (Å²) in [5.41, 5.74) is 2.90. The van der Waals surface area contributed by atoms with Crippen molar-refractivity contribution in [3.05, 3.63) is 58.1 Å². The standard InChI is InChI=1S/C15H14ClNO2/c1-9-3-4-10(2)13(7-9)17-15(19)12-8-11(16)5-6-14(12)18/h3-8,18H,1-2H3,(H,17,19). The lowest BCUT2D eigenvalue weighted by molar-refractivity contribution is 0.102. The predicted octanol–water partition coefficient (Wildman–Crippen LogP) is 3.91. The van der Waals surface area contributed by atoms with Gasteiger partial charge in [-0.2, -0.15) is 0 Å². The highest BCUT2D eigenvalue weighted by atomic mass is 35.5. The molecule has 2 aromatic rings. The number of nitrogens with one attached hydrogen (secondary N) is 1. The fourth-order valence-electron chi connectivity index (χ4n) is 1.75. The molecule has 2 rings (SSSR count). The van der Waals surface area contributed by atoms with Gasteiger partial charge in [-0.05, 0) is 49.2 Å². The summed E-state index contributed by atoms with van der Waals surface area (Å²) in [7, 11) is 0. The van der Waals surface area contributed by atoms with Gasteiger partial charge in [-0.3, -0.25) is 4.79 Å². The summed E-state index contributed by atoms with van der Waals surface area (Å²) in [6, 6.07) is 10.2. The van der Waals surface area contributed by atoms with Crippen molar-refractivity contribution in [2.24, 2.45) is 0 Å². The number of phenolic OH excluding ortho intramolecular Hbond substituents is 1. The van der Waals surface area contributed by atoms with Crippen molar-refractivity contribution in [2.75, 3.05) is 5.32 Å². The van der Waals surface area contributed by atoms with Gasteiger partial charge in [0.2, 0.25) is 0 Å². The molecule has 0 aliphatic heterocycles. The molecule has 0 saturated carbocycles. The second-order valence-corrected chi connectivity index (χ2v) is 4.87. The number of aromatic hydroxyl groups is 1. The minimum Gasteiger partial charge on any atom is -0.507 e. The van der Waals surface area contributed by atoms with E-state index in [-0.39, 0.29) is 17.2 Å². The molecule has 0 heterocycles. The van der Waals surface area contributed by atoms with Crippen LogP contribution < -0.4 is 5.32 Å². The number of carbonyl (C=O) groups is 1. The minimum absolute atomic E-state index is 0.0905. The molecule has 0 aliphatic rings. The summed E-state index contributed by atoms with van der Waals surface area (Å²) in [6.07, 6.45) is 0. The molecule has 0 spiro atoms. The van der Waals surface area contributed by atoms with Gasteiger partial charge in [0.05, 0.1) is 5.56 Å². The molecule has 19 heavy (non-hydrogen) atoms. The first kappa shape index (κ1) is 13.4. The SMILES string of the molecule is Cc1ccc(C)c(NC(=O)c2cc(Cl)ccc2O)c1. The summed E-state index contributed by atoms with van der Waals surface area (Å²) in [6.45, 7) is 3.86. The van der Waals surface area contributed by atoms with Crippen molar-refractivity contribution in [2.45, 2.75) is 13.8 Å². The number of benzene rings is 2. The van der Waals surface area contributed by atoms with Crippen LogP contribution in [0.4, 0.5) is 5.69 Å². The lowest BCUT2D eigenvalue weighted by Crippen LogP contribution is -2.13. The van der Waals surface area contributed by atoms with E-state index in [9.17, 15) is 9.90 Å². The molecule has 2 N–H and O–H groups in total. The number of hydrogen-bond acceptors (Lipinski definition) is 2. The molecule has 2 aromatic carbocycles. The van der Waals surface area contributed by atoms with Crippen LogP contribution >= 0.6 is 11.6 Å². The van der Waals surface area contributed by atoms with Gasteiger partial charge < -0.3 is 10.4 Å². The number of rotatable bonds is 2. The fourth-order valence-corrected chi connectivity index (χ4v) is 1.92. The summed E-state index contributed by atoms with van der Waals surface area (Å²) in [5.74, 6) is -0.471. The van der Waals surface area contributed by atoms with E-state index in [0.29, 0.717) is 5.02 Å². The Hall–Kier alpha value is -2.00. The zero-order valence-corrected chi connectivity index (χ0v) is 11.5. The Morgan fingerprint density at radius 1 is 1.16 bits per heavy atom. The Balaban J connectivity index is 2.30. The third kappa shape index (κ3) is 3.06. The van der Waals surface area contributed by atoms with Crippen molar-refractivity contribution in [3.63, 3.8) is 0 Å². The first-order chi connectivity index (χ1) is 8.97. The van der Waals surface area contributed by atoms with Crippen LogP contribution in [0.15, 0.2) is 36.4 Å². The molecule has 0 radical (unpaired) electrons. The highest BCUT2D eigenvalue weighted by Crippen LogP contribution is 2.24. The number of aryl methyl sites for hydroxylation is 2. The highest BCUT2D eigenvalue weighted by Gasteiger charge is 2.13. The van der Waals surface area contributed by atoms with E-state index in [1.54, 1.807) is 0 Å². The average molecular weight is 276 g/mol. The van der Waals surface area contributed by atoms with Crippen molar-refractivity contribution in [1.82, 2.24) is 0 Å². The summed E-state index contributed by atoms with van der Waals surface area (Å²) in [5, 5.41) is 12.9. The maximum atomic E-state index is 12.1. The molecule has 0 aromatic heterocycles. The number of carbonyl (C=O) groups excluding carboxylic acids is 1. The molecule has 0 fully saturated rings. The Labute approximate surface area is 116 Å². The molecule has 98 valence electrons. The van der Waals surface area contributed by atoms with Crippen LogP contribution in [0.25, 0.3) is 0 Å². The maximum absolute atomic E-state index is 12.1. The van der Waals surface area contributed by atoms with E-state index in [1.807, 2.05) is 32.0 Å². The van der Waals surface area contributed by atoms with Gasteiger partial charge >= 0.3 is 0 Å². The van der Waals surface area contributed by atoms with Crippen LogP contribution in [0.1, 0.15) is 21.5 Å². The largest absolute Gasteiger partial charge is 0.507 e. The van der Waals surface area contributed by atoms with Crippen LogP contribution in [0.5, 0.6) is 5.75 Å². The lowest BCUT2D eigenvalue weighted by Gasteiger charge is -2.10. The van der Waals surface area contributed by atoms with E-state index in [0.717, 1.165) is 16.8 Å². The maximum Gasteiger partial charge on any atom is 0.259 e. The van der Waals surface area contributed by atoms with E-state index < -0.39 is 0 Å². The number of hydrogen-bond donors (Lipinski definition) is 2. The second kappa shape index (κ2) is 5.33.